The molecule has 0 fully saturated rings. The molecule has 2 N–H and O–H groups in total. The summed E-state index contributed by atoms with van der Waals surface area (Å²) in [7, 11) is 1.60. The van der Waals surface area contributed by atoms with E-state index in [-0.39, 0.29) is 36.3 Å². The number of methoxy groups -OCH3 is 1. The van der Waals surface area contributed by atoms with Crippen LogP contribution in [0.25, 0.3) is 0 Å². The molecular weight excluding hydrogens is 443 g/mol. The Hall–Kier alpha value is -0.870. The van der Waals surface area contributed by atoms with Gasteiger partial charge in [-0.2, -0.15) is 8.78 Å². The Balaban J connectivity index is 0.00000484. The van der Waals surface area contributed by atoms with Crippen molar-refractivity contribution in [2.24, 2.45) is 4.99 Å². The Bertz CT molecular complexity index is 493. The van der Waals surface area contributed by atoms with Crippen LogP contribution in [-0.2, 0) is 11.3 Å². The normalized spacial score (nSPS) is 11.1. The Kier molecular flexibility index (Phi) is 12.1. The molecule has 0 heterocycles. The second kappa shape index (κ2) is 12.5. The van der Waals surface area contributed by atoms with E-state index in [9.17, 15) is 8.78 Å². The maximum Gasteiger partial charge on any atom is 0.387 e. The smallest absolute Gasteiger partial charge is 0.387 e. The Morgan fingerprint density at radius 1 is 1.35 bits per heavy atom. The van der Waals surface area contributed by atoms with Gasteiger partial charge in [0.15, 0.2) is 5.96 Å². The molecule has 0 bridgehead atoms. The minimum atomic E-state index is -2.89. The molecule has 0 unspecified atom stereocenters. The van der Waals surface area contributed by atoms with E-state index in [1.807, 2.05) is 6.92 Å². The molecule has 1 aromatic carbocycles. The van der Waals surface area contributed by atoms with Crippen LogP contribution in [0, 0.1) is 0 Å². The van der Waals surface area contributed by atoms with Crippen molar-refractivity contribution in [3.05, 3.63) is 28.8 Å². The molecule has 5 nitrogen and oxygen atoms in total. The average Bonchev–Trinajstić information content (AvgIpc) is 2.47. The summed E-state index contributed by atoms with van der Waals surface area (Å²) in [5.74, 6) is 0.624. The van der Waals surface area contributed by atoms with Crippen LogP contribution in [0.2, 0.25) is 5.02 Å². The molecule has 0 atom stereocenters. The van der Waals surface area contributed by atoms with Crippen LogP contribution in [0.5, 0.6) is 5.75 Å². The molecule has 1 rings (SSSR count). The van der Waals surface area contributed by atoms with Crippen molar-refractivity contribution in [2.75, 3.05) is 26.8 Å². The number of halogens is 4. The fraction of sp³-hybridized carbons (Fsp3) is 0.500. The van der Waals surface area contributed by atoms with Gasteiger partial charge in [-0.25, -0.2) is 4.99 Å². The standard InChI is InChI=1S/C14H20ClF2N3O2.HI/c1-3-18-14(19-6-7-21-2)20-9-10-8-11(15)4-5-12(10)22-13(16)17;/h4-5,8,13H,3,6-7,9H2,1-2H3,(H2,18,19,20);1H. The molecule has 0 aliphatic rings. The molecule has 0 aliphatic carbocycles. The molecule has 0 amide bonds. The molecule has 9 heteroatoms. The van der Waals surface area contributed by atoms with Crippen LogP contribution in [0.3, 0.4) is 0 Å². The lowest BCUT2D eigenvalue weighted by Crippen LogP contribution is -2.38. The van der Waals surface area contributed by atoms with E-state index in [0.717, 1.165) is 0 Å². The lowest BCUT2D eigenvalue weighted by atomic mass is 10.2. The summed E-state index contributed by atoms with van der Waals surface area (Å²) in [5.41, 5.74) is 0.483. The van der Waals surface area contributed by atoms with Gasteiger partial charge in [-0.3, -0.25) is 0 Å². The SMILES string of the molecule is CCNC(=NCc1cc(Cl)ccc1OC(F)F)NCCOC.I. The number of nitrogens with one attached hydrogen (secondary N) is 2. The number of rotatable bonds is 8. The lowest BCUT2D eigenvalue weighted by Gasteiger charge is -2.12. The molecule has 0 saturated heterocycles. The van der Waals surface area contributed by atoms with Crippen molar-refractivity contribution in [3.63, 3.8) is 0 Å². The third-order valence-corrected chi connectivity index (χ3v) is 2.82. The van der Waals surface area contributed by atoms with E-state index in [1.165, 1.54) is 12.1 Å². The third kappa shape index (κ3) is 9.11. The fourth-order valence-corrected chi connectivity index (χ4v) is 1.85. The molecule has 0 saturated carbocycles. The summed E-state index contributed by atoms with van der Waals surface area (Å²) in [4.78, 5) is 4.32. The lowest BCUT2D eigenvalue weighted by molar-refractivity contribution is -0.0504. The van der Waals surface area contributed by atoms with E-state index in [0.29, 0.717) is 36.2 Å². The highest BCUT2D eigenvalue weighted by atomic mass is 127. The molecule has 0 radical (unpaired) electrons. The van der Waals surface area contributed by atoms with Gasteiger partial charge in [-0.1, -0.05) is 11.6 Å². The first-order valence-corrected chi connectivity index (χ1v) is 7.19. The number of aliphatic imine (C=N–C) groups is 1. The van der Waals surface area contributed by atoms with Gasteiger partial charge in [0.2, 0.25) is 0 Å². The molecule has 1 aromatic rings. The second-order valence-electron chi connectivity index (χ2n) is 4.25. The van der Waals surface area contributed by atoms with Crippen LogP contribution in [0.1, 0.15) is 12.5 Å². The van der Waals surface area contributed by atoms with Gasteiger partial charge < -0.3 is 20.1 Å². The number of hydrogen-bond donors (Lipinski definition) is 2. The van der Waals surface area contributed by atoms with E-state index in [4.69, 9.17) is 16.3 Å². The van der Waals surface area contributed by atoms with Crippen molar-refractivity contribution in [2.45, 2.75) is 20.1 Å². The predicted octanol–water partition coefficient (Wildman–Crippen LogP) is 3.26. The number of alkyl halides is 2. The molecular formula is C14H21ClF2IN3O2. The van der Waals surface area contributed by atoms with Crippen LogP contribution in [0.15, 0.2) is 23.2 Å². The van der Waals surface area contributed by atoms with Gasteiger partial charge >= 0.3 is 6.61 Å². The number of guanidine groups is 1. The van der Waals surface area contributed by atoms with Crippen molar-refractivity contribution >= 4 is 41.5 Å². The third-order valence-electron chi connectivity index (χ3n) is 2.59. The zero-order valence-corrected chi connectivity index (χ0v) is 16.0. The Morgan fingerprint density at radius 3 is 2.70 bits per heavy atom. The van der Waals surface area contributed by atoms with Crippen molar-refractivity contribution < 1.29 is 18.3 Å². The molecule has 0 aromatic heterocycles. The van der Waals surface area contributed by atoms with Crippen molar-refractivity contribution in [1.82, 2.24) is 10.6 Å². The minimum absolute atomic E-state index is 0. The quantitative estimate of drug-likeness (QED) is 0.269. The van der Waals surface area contributed by atoms with Crippen LogP contribution in [0.4, 0.5) is 8.78 Å². The van der Waals surface area contributed by atoms with Crippen molar-refractivity contribution in [1.29, 1.82) is 0 Å². The van der Waals surface area contributed by atoms with E-state index >= 15 is 0 Å². The Morgan fingerprint density at radius 2 is 2.09 bits per heavy atom. The molecule has 0 aliphatic heterocycles. The summed E-state index contributed by atoms with van der Waals surface area (Å²) < 4.78 is 34.2. The highest BCUT2D eigenvalue weighted by Crippen LogP contribution is 2.25. The first kappa shape index (κ1) is 22.1. The molecule has 0 spiro atoms. The largest absolute Gasteiger partial charge is 0.434 e. The zero-order valence-electron chi connectivity index (χ0n) is 12.9. The summed E-state index contributed by atoms with van der Waals surface area (Å²) in [6.07, 6.45) is 0. The number of hydrogen-bond acceptors (Lipinski definition) is 3. The summed E-state index contributed by atoms with van der Waals surface area (Å²) in [6, 6.07) is 4.46. The van der Waals surface area contributed by atoms with Gasteiger partial charge in [0.05, 0.1) is 13.2 Å². The monoisotopic (exact) mass is 463 g/mol. The Labute approximate surface area is 156 Å². The van der Waals surface area contributed by atoms with E-state index < -0.39 is 6.61 Å². The van der Waals surface area contributed by atoms with Crippen LogP contribution < -0.4 is 15.4 Å². The summed E-state index contributed by atoms with van der Waals surface area (Å²) in [5, 5.41) is 6.54. The fourth-order valence-electron chi connectivity index (χ4n) is 1.66. The first-order valence-electron chi connectivity index (χ1n) is 6.81. The maximum absolute atomic E-state index is 12.4. The van der Waals surface area contributed by atoms with Gasteiger partial charge in [0.25, 0.3) is 0 Å². The maximum atomic E-state index is 12.4. The van der Waals surface area contributed by atoms with Crippen LogP contribution >= 0.6 is 35.6 Å². The highest BCUT2D eigenvalue weighted by molar-refractivity contribution is 14.0. The summed E-state index contributed by atoms with van der Waals surface area (Å²) >= 11 is 5.89. The second-order valence-corrected chi connectivity index (χ2v) is 4.68. The van der Waals surface area contributed by atoms with E-state index in [1.54, 1.807) is 13.2 Å². The minimum Gasteiger partial charge on any atom is -0.434 e. The van der Waals surface area contributed by atoms with Crippen LogP contribution in [-0.4, -0.2) is 39.4 Å². The number of ether oxygens (including phenoxy) is 2. The zero-order chi connectivity index (χ0) is 16.4. The highest BCUT2D eigenvalue weighted by Gasteiger charge is 2.10. The number of nitrogens with zero attached hydrogens (tertiary/aromatic N) is 1. The first-order chi connectivity index (χ1) is 10.6. The van der Waals surface area contributed by atoms with E-state index in [2.05, 4.69) is 20.4 Å². The van der Waals surface area contributed by atoms with Crippen molar-refractivity contribution in [3.8, 4) is 5.75 Å². The molecule has 132 valence electrons. The number of benzene rings is 1. The molecule has 23 heavy (non-hydrogen) atoms. The summed E-state index contributed by atoms with van der Waals surface area (Å²) in [6.45, 7) is 0.981. The van der Waals surface area contributed by atoms with Gasteiger partial charge in [0, 0.05) is 30.8 Å². The van der Waals surface area contributed by atoms with Gasteiger partial charge in [0.1, 0.15) is 5.75 Å². The van der Waals surface area contributed by atoms with Gasteiger partial charge in [-0.05, 0) is 25.1 Å². The van der Waals surface area contributed by atoms with Gasteiger partial charge in [-0.15, -0.1) is 24.0 Å². The topological polar surface area (TPSA) is 54.9 Å². The average molecular weight is 464 g/mol. The predicted molar refractivity (Wildman–Crippen MR) is 98.2 cm³/mol.